The van der Waals surface area contributed by atoms with Gasteiger partial charge in [0.2, 0.25) is 5.75 Å². The first kappa shape index (κ1) is 12.8. The van der Waals surface area contributed by atoms with Crippen LogP contribution in [0.5, 0.6) is 11.6 Å². The minimum Gasteiger partial charge on any atom is -0.489 e. The van der Waals surface area contributed by atoms with Crippen LogP contribution < -0.4 is 20.7 Å². The van der Waals surface area contributed by atoms with E-state index in [0.29, 0.717) is 24.1 Å². The van der Waals surface area contributed by atoms with E-state index in [0.717, 1.165) is 19.6 Å². The number of aromatic nitrogens is 2. The third-order valence-electron chi connectivity index (χ3n) is 2.96. The van der Waals surface area contributed by atoms with Crippen molar-refractivity contribution in [2.24, 2.45) is 5.84 Å². The van der Waals surface area contributed by atoms with Crippen LogP contribution in [0.2, 0.25) is 0 Å². The summed E-state index contributed by atoms with van der Waals surface area (Å²) in [5.41, 5.74) is 2.45. The summed E-state index contributed by atoms with van der Waals surface area (Å²) in [5, 5.41) is 0. The van der Waals surface area contributed by atoms with E-state index in [1.54, 1.807) is 0 Å². The van der Waals surface area contributed by atoms with Gasteiger partial charge in [0.05, 0.1) is 7.11 Å². The lowest BCUT2D eigenvalue weighted by molar-refractivity contribution is 0.223. The Morgan fingerprint density at radius 2 is 2.17 bits per heavy atom. The Labute approximate surface area is 106 Å². The molecule has 0 unspecified atom stereocenters. The Morgan fingerprint density at radius 1 is 1.39 bits per heavy atom. The second-order valence-corrected chi connectivity index (χ2v) is 4.10. The number of hydrazine groups is 1. The molecule has 0 saturated carbocycles. The third-order valence-corrected chi connectivity index (χ3v) is 2.96. The smallest absolute Gasteiger partial charge is 0.262 e. The zero-order valence-corrected chi connectivity index (χ0v) is 10.6. The highest BCUT2D eigenvalue weighted by atomic mass is 16.5. The van der Waals surface area contributed by atoms with E-state index >= 15 is 0 Å². The number of methoxy groups -OCH3 is 1. The molecule has 7 heteroatoms. The largest absolute Gasteiger partial charge is 0.489 e. The van der Waals surface area contributed by atoms with Crippen molar-refractivity contribution in [2.45, 2.75) is 12.8 Å². The quantitative estimate of drug-likeness (QED) is 0.555. The number of ether oxygens (including phenoxy) is 2. The normalized spacial score (nSPS) is 15.7. The first-order valence-electron chi connectivity index (χ1n) is 6.06. The topological polar surface area (TPSA) is 85.5 Å². The van der Waals surface area contributed by atoms with Gasteiger partial charge < -0.3 is 14.9 Å². The number of nitrogen functional groups attached to an aromatic ring is 1. The number of likely N-dealkylation sites (tertiary alicyclic amines) is 1. The molecule has 2 heterocycles. The summed E-state index contributed by atoms with van der Waals surface area (Å²) in [7, 11) is 1.53. The zero-order valence-electron chi connectivity index (χ0n) is 10.6. The van der Waals surface area contributed by atoms with Crippen molar-refractivity contribution in [1.82, 2.24) is 14.9 Å². The van der Waals surface area contributed by atoms with Gasteiger partial charge in [-0.05, 0) is 25.9 Å². The molecule has 1 aromatic heterocycles. The minimum atomic E-state index is 0.416. The van der Waals surface area contributed by atoms with Crippen molar-refractivity contribution in [1.29, 1.82) is 0 Å². The van der Waals surface area contributed by atoms with Crippen molar-refractivity contribution in [2.75, 3.05) is 38.8 Å². The fraction of sp³-hybridized carbons (Fsp3) is 0.636. The molecule has 0 bridgehead atoms. The Kier molecular flexibility index (Phi) is 4.54. The van der Waals surface area contributed by atoms with E-state index in [9.17, 15) is 0 Å². The molecular formula is C11H19N5O2. The molecule has 18 heavy (non-hydrogen) atoms. The maximum Gasteiger partial charge on any atom is 0.262 e. The molecule has 7 nitrogen and oxygen atoms in total. The van der Waals surface area contributed by atoms with Gasteiger partial charge in [-0.3, -0.25) is 4.90 Å². The summed E-state index contributed by atoms with van der Waals surface area (Å²) in [6.07, 6.45) is 3.94. The Bertz CT molecular complexity index is 382. The van der Waals surface area contributed by atoms with Crippen molar-refractivity contribution in [3.8, 4) is 11.6 Å². The number of hydrogen-bond donors (Lipinski definition) is 2. The molecule has 0 amide bonds. The van der Waals surface area contributed by atoms with Gasteiger partial charge in [0.15, 0.2) is 5.82 Å². The van der Waals surface area contributed by atoms with Crippen molar-refractivity contribution in [3.05, 3.63) is 6.33 Å². The molecule has 0 aromatic carbocycles. The third kappa shape index (κ3) is 2.99. The maximum absolute atomic E-state index is 5.62. The van der Waals surface area contributed by atoms with E-state index in [2.05, 4.69) is 20.3 Å². The number of nitrogens with two attached hydrogens (primary N) is 1. The lowest BCUT2D eigenvalue weighted by Crippen LogP contribution is -2.25. The van der Waals surface area contributed by atoms with Gasteiger partial charge in [-0.1, -0.05) is 0 Å². The maximum atomic E-state index is 5.62. The van der Waals surface area contributed by atoms with Gasteiger partial charge in [-0.15, -0.1) is 0 Å². The molecule has 3 N–H and O–H groups in total. The molecule has 1 aromatic rings. The van der Waals surface area contributed by atoms with Crippen LogP contribution in [-0.2, 0) is 0 Å². The SMILES string of the molecule is COc1c(NN)ncnc1OCCN1CCCC1. The molecule has 1 aliphatic rings. The highest BCUT2D eigenvalue weighted by Crippen LogP contribution is 2.29. The van der Waals surface area contributed by atoms with Crippen LogP contribution in [0.3, 0.4) is 0 Å². The Hall–Kier alpha value is -1.60. The first-order valence-corrected chi connectivity index (χ1v) is 6.06. The summed E-state index contributed by atoms with van der Waals surface area (Å²) in [5.74, 6) is 6.61. The highest BCUT2D eigenvalue weighted by molar-refractivity contribution is 5.54. The molecule has 0 radical (unpaired) electrons. The molecule has 100 valence electrons. The minimum absolute atomic E-state index is 0.416. The van der Waals surface area contributed by atoms with E-state index in [1.165, 1.54) is 26.3 Å². The van der Waals surface area contributed by atoms with Crippen LogP contribution in [0.4, 0.5) is 5.82 Å². The second-order valence-electron chi connectivity index (χ2n) is 4.10. The molecule has 2 rings (SSSR count). The fourth-order valence-corrected chi connectivity index (χ4v) is 2.02. The lowest BCUT2D eigenvalue weighted by Gasteiger charge is -2.16. The van der Waals surface area contributed by atoms with Crippen molar-refractivity contribution in [3.63, 3.8) is 0 Å². The van der Waals surface area contributed by atoms with Crippen LogP contribution in [0, 0.1) is 0 Å². The van der Waals surface area contributed by atoms with Crippen LogP contribution in [0.15, 0.2) is 6.33 Å². The highest BCUT2D eigenvalue weighted by Gasteiger charge is 2.14. The van der Waals surface area contributed by atoms with Gasteiger partial charge in [-0.2, -0.15) is 4.98 Å². The lowest BCUT2D eigenvalue weighted by atomic mass is 10.4. The predicted octanol–water partition coefficient (Wildman–Crippen LogP) is 0.245. The van der Waals surface area contributed by atoms with E-state index < -0.39 is 0 Å². The average molecular weight is 253 g/mol. The number of rotatable bonds is 6. The molecule has 1 fully saturated rings. The first-order chi connectivity index (χ1) is 8.85. The van der Waals surface area contributed by atoms with E-state index in [-0.39, 0.29) is 0 Å². The fourth-order valence-electron chi connectivity index (χ4n) is 2.02. The van der Waals surface area contributed by atoms with Crippen LogP contribution >= 0.6 is 0 Å². The monoisotopic (exact) mass is 253 g/mol. The molecule has 1 aliphatic heterocycles. The Balaban J connectivity index is 1.91. The number of hydrogen-bond acceptors (Lipinski definition) is 7. The summed E-state index contributed by atoms with van der Waals surface area (Å²) in [4.78, 5) is 10.4. The predicted molar refractivity (Wildman–Crippen MR) is 67.6 cm³/mol. The average Bonchev–Trinajstić information content (AvgIpc) is 2.91. The number of nitrogens with zero attached hydrogens (tertiary/aromatic N) is 3. The van der Waals surface area contributed by atoms with Gasteiger partial charge in [0.25, 0.3) is 5.88 Å². The molecule has 1 saturated heterocycles. The number of nitrogens with one attached hydrogen (secondary N) is 1. The molecule has 0 spiro atoms. The van der Waals surface area contributed by atoms with Crippen LogP contribution in [0.1, 0.15) is 12.8 Å². The second kappa shape index (κ2) is 6.36. The van der Waals surface area contributed by atoms with Gasteiger partial charge in [-0.25, -0.2) is 10.8 Å². The summed E-state index contributed by atoms with van der Waals surface area (Å²) in [6.45, 7) is 3.79. The molecule has 0 aliphatic carbocycles. The van der Waals surface area contributed by atoms with Crippen LogP contribution in [0.25, 0.3) is 0 Å². The van der Waals surface area contributed by atoms with Gasteiger partial charge in [0, 0.05) is 6.54 Å². The van der Waals surface area contributed by atoms with E-state index in [1.807, 2.05) is 0 Å². The zero-order chi connectivity index (χ0) is 12.8. The van der Waals surface area contributed by atoms with Crippen molar-refractivity contribution < 1.29 is 9.47 Å². The van der Waals surface area contributed by atoms with Crippen LogP contribution in [-0.4, -0.2) is 48.2 Å². The van der Waals surface area contributed by atoms with Gasteiger partial charge >= 0.3 is 0 Å². The standard InChI is InChI=1S/C11H19N5O2/c1-17-9-10(15-12)13-8-14-11(9)18-7-6-16-4-2-3-5-16/h8H,2-7,12H2,1H3,(H,13,14,15). The summed E-state index contributed by atoms with van der Waals surface area (Å²) in [6, 6.07) is 0. The van der Waals surface area contributed by atoms with E-state index in [4.69, 9.17) is 15.3 Å². The Morgan fingerprint density at radius 3 is 2.83 bits per heavy atom. The summed E-state index contributed by atoms with van der Waals surface area (Å²) < 4.78 is 10.8. The van der Waals surface area contributed by atoms with Gasteiger partial charge in [0.1, 0.15) is 12.9 Å². The summed E-state index contributed by atoms with van der Waals surface area (Å²) >= 11 is 0. The molecule has 0 atom stereocenters. The number of anilines is 1. The van der Waals surface area contributed by atoms with Crippen molar-refractivity contribution >= 4 is 5.82 Å². The molecular weight excluding hydrogens is 234 g/mol.